The number of nitrogens with zero attached hydrogens (tertiary/aromatic N) is 3. The molecular weight excluding hydrogens is 216 g/mol. The van der Waals surface area contributed by atoms with Crippen molar-refractivity contribution in [3.8, 4) is 0 Å². The van der Waals surface area contributed by atoms with Gasteiger partial charge in [0.05, 0.1) is 6.10 Å². The second-order valence-corrected chi connectivity index (χ2v) is 4.32. The Morgan fingerprint density at radius 1 is 1.59 bits per heavy atom. The van der Waals surface area contributed by atoms with Crippen molar-refractivity contribution in [2.45, 2.75) is 26.4 Å². The lowest BCUT2D eigenvalue weighted by atomic mass is 10.3. The average molecular weight is 236 g/mol. The van der Waals surface area contributed by atoms with Gasteiger partial charge in [-0.3, -0.25) is 0 Å². The number of aryl methyl sites for hydroxylation is 1. The Morgan fingerprint density at radius 3 is 3.06 bits per heavy atom. The monoisotopic (exact) mass is 236 g/mol. The van der Waals surface area contributed by atoms with Gasteiger partial charge >= 0.3 is 0 Å². The maximum absolute atomic E-state index is 5.38. The molecule has 0 radical (unpaired) electrons. The predicted molar refractivity (Wildman–Crippen MR) is 68.6 cm³/mol. The molecule has 5 nitrogen and oxygen atoms in total. The van der Waals surface area contributed by atoms with Crippen LogP contribution >= 0.6 is 0 Å². The summed E-state index contributed by atoms with van der Waals surface area (Å²) in [6, 6.07) is 0. The van der Waals surface area contributed by atoms with Crippen molar-refractivity contribution in [1.82, 2.24) is 9.97 Å². The Labute approximate surface area is 102 Å². The molecule has 5 heteroatoms. The Morgan fingerprint density at radius 2 is 2.41 bits per heavy atom. The summed E-state index contributed by atoms with van der Waals surface area (Å²) < 4.78 is 5.38. The summed E-state index contributed by atoms with van der Waals surface area (Å²) in [5, 5.41) is 3.14. The number of hydrogen-bond acceptors (Lipinski definition) is 5. The van der Waals surface area contributed by atoms with E-state index < -0.39 is 0 Å². The maximum Gasteiger partial charge on any atom is 0.224 e. The van der Waals surface area contributed by atoms with E-state index in [9.17, 15) is 0 Å². The Bertz CT molecular complexity index is 383. The zero-order valence-electron chi connectivity index (χ0n) is 10.7. The second-order valence-electron chi connectivity index (χ2n) is 4.32. The molecule has 1 atom stereocenters. The molecule has 1 saturated heterocycles. The molecule has 0 spiro atoms. The lowest BCUT2D eigenvalue weighted by molar-refractivity contribution is 0.121. The van der Waals surface area contributed by atoms with Gasteiger partial charge in [0, 0.05) is 38.5 Å². The molecule has 0 aromatic carbocycles. The predicted octanol–water partition coefficient (Wildman–Crippen LogP) is 1.44. The van der Waals surface area contributed by atoms with Crippen molar-refractivity contribution in [3.05, 3.63) is 11.8 Å². The standard InChI is InChI=1S/C12H20N4O/c1-4-13-12-14-7-9(2)11(15-12)16-6-5-10(8-16)17-3/h7,10H,4-6,8H2,1-3H3,(H,13,14,15). The number of hydrogen-bond donors (Lipinski definition) is 1. The Kier molecular flexibility index (Phi) is 3.78. The van der Waals surface area contributed by atoms with Gasteiger partial charge in [-0.25, -0.2) is 4.98 Å². The third-order valence-corrected chi connectivity index (χ3v) is 3.06. The summed E-state index contributed by atoms with van der Waals surface area (Å²) in [4.78, 5) is 11.1. The largest absolute Gasteiger partial charge is 0.380 e. The number of rotatable bonds is 4. The first kappa shape index (κ1) is 12.1. The smallest absolute Gasteiger partial charge is 0.224 e. The topological polar surface area (TPSA) is 50.3 Å². The quantitative estimate of drug-likeness (QED) is 0.857. The van der Waals surface area contributed by atoms with Crippen LogP contribution in [0.15, 0.2) is 6.20 Å². The normalized spacial score (nSPS) is 19.7. The molecule has 1 N–H and O–H groups in total. The summed E-state index contributed by atoms with van der Waals surface area (Å²) >= 11 is 0. The van der Waals surface area contributed by atoms with Gasteiger partial charge in [0.1, 0.15) is 5.82 Å². The highest BCUT2D eigenvalue weighted by Crippen LogP contribution is 2.23. The van der Waals surface area contributed by atoms with Gasteiger partial charge in [-0.15, -0.1) is 0 Å². The molecule has 0 saturated carbocycles. The summed E-state index contributed by atoms with van der Waals surface area (Å²) in [5.74, 6) is 1.73. The number of methoxy groups -OCH3 is 1. The third-order valence-electron chi connectivity index (χ3n) is 3.06. The molecule has 0 bridgehead atoms. The zero-order chi connectivity index (χ0) is 12.3. The van der Waals surface area contributed by atoms with Crippen molar-refractivity contribution in [1.29, 1.82) is 0 Å². The van der Waals surface area contributed by atoms with E-state index in [0.717, 1.165) is 37.4 Å². The number of aromatic nitrogens is 2. The fourth-order valence-corrected chi connectivity index (χ4v) is 2.11. The number of anilines is 2. The van der Waals surface area contributed by atoms with Crippen LogP contribution in [0.25, 0.3) is 0 Å². The van der Waals surface area contributed by atoms with Gasteiger partial charge in [-0.2, -0.15) is 4.98 Å². The van der Waals surface area contributed by atoms with Crippen molar-refractivity contribution in [3.63, 3.8) is 0 Å². The van der Waals surface area contributed by atoms with Gasteiger partial charge in [0.15, 0.2) is 0 Å². The zero-order valence-corrected chi connectivity index (χ0v) is 10.7. The fraction of sp³-hybridized carbons (Fsp3) is 0.667. The molecule has 94 valence electrons. The molecule has 17 heavy (non-hydrogen) atoms. The summed E-state index contributed by atoms with van der Waals surface area (Å²) in [6.45, 7) is 6.84. The SMILES string of the molecule is CCNc1ncc(C)c(N2CCC(OC)C2)n1. The van der Waals surface area contributed by atoms with E-state index >= 15 is 0 Å². The fourth-order valence-electron chi connectivity index (χ4n) is 2.11. The first-order valence-corrected chi connectivity index (χ1v) is 6.09. The van der Waals surface area contributed by atoms with Crippen LogP contribution in [0.1, 0.15) is 18.9 Å². The van der Waals surface area contributed by atoms with Gasteiger partial charge in [0.25, 0.3) is 0 Å². The molecule has 2 rings (SSSR count). The first-order valence-electron chi connectivity index (χ1n) is 6.09. The number of nitrogens with one attached hydrogen (secondary N) is 1. The van der Waals surface area contributed by atoms with E-state index in [1.165, 1.54) is 0 Å². The summed E-state index contributed by atoms with van der Waals surface area (Å²) in [5.41, 5.74) is 1.11. The molecule has 0 aliphatic carbocycles. The highest BCUT2D eigenvalue weighted by molar-refractivity contribution is 5.49. The van der Waals surface area contributed by atoms with Crippen LogP contribution in [0.4, 0.5) is 11.8 Å². The molecule has 1 fully saturated rings. The lowest BCUT2D eigenvalue weighted by Crippen LogP contribution is -2.24. The minimum atomic E-state index is 0.326. The molecule has 1 aromatic heterocycles. The molecule has 2 heterocycles. The Balaban J connectivity index is 2.16. The second kappa shape index (κ2) is 5.31. The van der Waals surface area contributed by atoms with E-state index in [4.69, 9.17) is 4.74 Å². The van der Waals surface area contributed by atoms with Crippen molar-refractivity contribution in [2.24, 2.45) is 0 Å². The van der Waals surface area contributed by atoms with Crippen LogP contribution in [-0.2, 0) is 4.74 Å². The number of ether oxygens (including phenoxy) is 1. The van der Waals surface area contributed by atoms with Gasteiger partial charge < -0.3 is 15.0 Å². The van der Waals surface area contributed by atoms with Crippen molar-refractivity contribution < 1.29 is 4.74 Å². The average Bonchev–Trinajstić information content (AvgIpc) is 2.80. The van der Waals surface area contributed by atoms with Crippen LogP contribution < -0.4 is 10.2 Å². The summed E-state index contributed by atoms with van der Waals surface area (Å²) in [7, 11) is 1.77. The third kappa shape index (κ3) is 2.66. The summed E-state index contributed by atoms with van der Waals surface area (Å²) in [6.07, 6.45) is 3.27. The van der Waals surface area contributed by atoms with Crippen molar-refractivity contribution in [2.75, 3.05) is 37.0 Å². The van der Waals surface area contributed by atoms with Gasteiger partial charge in [-0.05, 0) is 20.3 Å². The molecule has 1 unspecified atom stereocenters. The highest BCUT2D eigenvalue weighted by Gasteiger charge is 2.24. The van der Waals surface area contributed by atoms with E-state index in [1.807, 2.05) is 20.0 Å². The molecule has 1 aliphatic heterocycles. The lowest BCUT2D eigenvalue weighted by Gasteiger charge is -2.19. The van der Waals surface area contributed by atoms with Crippen LogP contribution in [0, 0.1) is 6.92 Å². The van der Waals surface area contributed by atoms with E-state index in [1.54, 1.807) is 7.11 Å². The van der Waals surface area contributed by atoms with Gasteiger partial charge in [0.2, 0.25) is 5.95 Å². The highest BCUT2D eigenvalue weighted by atomic mass is 16.5. The van der Waals surface area contributed by atoms with Crippen LogP contribution in [0.3, 0.4) is 0 Å². The minimum absolute atomic E-state index is 0.326. The molecule has 1 aromatic rings. The molecule has 1 aliphatic rings. The van der Waals surface area contributed by atoms with E-state index in [0.29, 0.717) is 12.1 Å². The van der Waals surface area contributed by atoms with E-state index in [2.05, 4.69) is 20.2 Å². The molecule has 0 amide bonds. The maximum atomic E-state index is 5.38. The Hall–Kier alpha value is -1.36. The van der Waals surface area contributed by atoms with Crippen molar-refractivity contribution >= 4 is 11.8 Å². The van der Waals surface area contributed by atoms with E-state index in [-0.39, 0.29) is 0 Å². The van der Waals surface area contributed by atoms with Crippen LogP contribution in [0.2, 0.25) is 0 Å². The minimum Gasteiger partial charge on any atom is -0.380 e. The first-order chi connectivity index (χ1) is 8.24. The van der Waals surface area contributed by atoms with Crippen LogP contribution in [0.5, 0.6) is 0 Å². The molecular formula is C12H20N4O. The van der Waals surface area contributed by atoms with Crippen LogP contribution in [-0.4, -0.2) is 42.8 Å². The van der Waals surface area contributed by atoms with Gasteiger partial charge in [-0.1, -0.05) is 0 Å².